The Kier molecular flexibility index (Phi) is 7.93. The van der Waals surface area contributed by atoms with Crippen LogP contribution >= 0.6 is 0 Å². The summed E-state index contributed by atoms with van der Waals surface area (Å²) in [5.41, 5.74) is 3.84. The Morgan fingerprint density at radius 2 is 1.50 bits per heavy atom. The first kappa shape index (κ1) is 26.2. The van der Waals surface area contributed by atoms with Crippen LogP contribution in [-0.4, -0.2) is 23.2 Å². The molecule has 11 heteroatoms. The van der Waals surface area contributed by atoms with E-state index in [4.69, 9.17) is 15.6 Å². The second-order valence-electron chi connectivity index (χ2n) is 6.83. The van der Waals surface area contributed by atoms with E-state index in [-0.39, 0.29) is 11.3 Å². The number of benzene rings is 3. The highest BCUT2D eigenvalue weighted by Gasteiger charge is 2.58. The SMILES string of the molecule is Cc1cc(F)ccc1Oc1cc(C(F)(F)C(F)(F)F)ccc1C(N)=O.O=C(O)c1ccccc1. The number of rotatable bonds is 5. The van der Waals surface area contributed by atoms with Gasteiger partial charge in [0.15, 0.2) is 0 Å². The molecule has 0 heterocycles. The van der Waals surface area contributed by atoms with Crippen LogP contribution in [0.3, 0.4) is 0 Å². The molecule has 180 valence electrons. The summed E-state index contributed by atoms with van der Waals surface area (Å²) in [6.07, 6.45) is -5.83. The number of hydrogen-bond acceptors (Lipinski definition) is 3. The molecule has 0 saturated carbocycles. The minimum absolute atomic E-state index is 0.0311. The largest absolute Gasteiger partial charge is 0.478 e. The number of ether oxygens (including phenoxy) is 1. The predicted molar refractivity (Wildman–Crippen MR) is 110 cm³/mol. The number of aromatic carboxylic acids is 1. The van der Waals surface area contributed by atoms with E-state index in [1.54, 1.807) is 30.3 Å². The van der Waals surface area contributed by atoms with E-state index in [1.807, 2.05) is 0 Å². The first-order valence-electron chi connectivity index (χ1n) is 9.35. The number of primary amides is 1. The van der Waals surface area contributed by atoms with Crippen LogP contribution in [0, 0.1) is 12.7 Å². The van der Waals surface area contributed by atoms with Crippen molar-refractivity contribution >= 4 is 11.9 Å². The molecule has 0 saturated heterocycles. The molecule has 0 atom stereocenters. The van der Waals surface area contributed by atoms with Crippen molar-refractivity contribution in [2.45, 2.75) is 19.0 Å². The van der Waals surface area contributed by atoms with Crippen LogP contribution in [0.5, 0.6) is 11.5 Å². The van der Waals surface area contributed by atoms with Crippen molar-refractivity contribution in [1.82, 2.24) is 0 Å². The normalized spacial score (nSPS) is 11.3. The fourth-order valence-corrected chi connectivity index (χ4v) is 2.60. The lowest BCUT2D eigenvalue weighted by atomic mass is 10.0. The molecule has 5 nitrogen and oxygen atoms in total. The molecular weight excluding hydrogens is 468 g/mol. The standard InChI is InChI=1S/C16H11F6NO2.C7H6O2/c1-8-6-10(17)3-5-12(8)25-13-7-9(2-4-11(13)14(23)24)15(18,19)16(20,21)22;8-7(9)6-4-2-1-3-5-6/h2-7H,1H3,(H2,23,24);1-5H,(H,8,9). The van der Waals surface area contributed by atoms with Crippen LogP contribution in [0.1, 0.15) is 31.8 Å². The summed E-state index contributed by atoms with van der Waals surface area (Å²) in [6, 6.07) is 13.0. The predicted octanol–water partition coefficient (Wildman–Crippen LogP) is 6.06. The van der Waals surface area contributed by atoms with Gasteiger partial charge in [0.05, 0.1) is 11.1 Å². The number of nitrogens with two attached hydrogens (primary N) is 1. The number of halogens is 6. The van der Waals surface area contributed by atoms with E-state index < -0.39 is 46.7 Å². The summed E-state index contributed by atoms with van der Waals surface area (Å²) >= 11 is 0. The molecule has 0 fully saturated rings. The molecule has 0 aliphatic heterocycles. The monoisotopic (exact) mass is 485 g/mol. The van der Waals surface area contributed by atoms with E-state index in [0.717, 1.165) is 18.2 Å². The number of alkyl halides is 5. The highest BCUT2D eigenvalue weighted by molar-refractivity contribution is 5.95. The first-order valence-corrected chi connectivity index (χ1v) is 9.35. The Morgan fingerprint density at radius 1 is 0.882 bits per heavy atom. The molecule has 0 aliphatic rings. The van der Waals surface area contributed by atoms with Crippen LogP contribution < -0.4 is 10.5 Å². The molecule has 0 radical (unpaired) electrons. The van der Waals surface area contributed by atoms with Gasteiger partial charge in [-0.2, -0.15) is 22.0 Å². The Hall–Kier alpha value is -4.02. The van der Waals surface area contributed by atoms with Crippen molar-refractivity contribution in [2.75, 3.05) is 0 Å². The van der Waals surface area contributed by atoms with Gasteiger partial charge < -0.3 is 15.6 Å². The van der Waals surface area contributed by atoms with Gasteiger partial charge in [0.1, 0.15) is 17.3 Å². The van der Waals surface area contributed by atoms with Crippen molar-refractivity contribution in [3.63, 3.8) is 0 Å². The molecule has 34 heavy (non-hydrogen) atoms. The third kappa shape index (κ3) is 6.27. The molecule has 0 spiro atoms. The Bertz CT molecular complexity index is 1180. The summed E-state index contributed by atoms with van der Waals surface area (Å²) in [4.78, 5) is 21.6. The molecule has 0 aromatic heterocycles. The van der Waals surface area contributed by atoms with Crippen LogP contribution in [0.15, 0.2) is 66.7 Å². The summed E-state index contributed by atoms with van der Waals surface area (Å²) in [5, 5.41) is 8.38. The zero-order valence-electron chi connectivity index (χ0n) is 17.4. The number of carboxylic acids is 1. The molecule has 0 aliphatic carbocycles. The highest BCUT2D eigenvalue weighted by Crippen LogP contribution is 2.45. The lowest BCUT2D eigenvalue weighted by Crippen LogP contribution is -2.33. The third-order valence-electron chi connectivity index (χ3n) is 4.34. The van der Waals surface area contributed by atoms with Crippen LogP contribution in [0.2, 0.25) is 0 Å². The fourth-order valence-electron chi connectivity index (χ4n) is 2.60. The molecule has 3 rings (SSSR count). The van der Waals surface area contributed by atoms with Crippen molar-refractivity contribution in [3.8, 4) is 11.5 Å². The summed E-state index contributed by atoms with van der Waals surface area (Å²) in [6.45, 7) is 1.43. The maximum Gasteiger partial charge on any atom is 0.458 e. The zero-order valence-corrected chi connectivity index (χ0v) is 17.4. The van der Waals surface area contributed by atoms with Gasteiger partial charge in [-0.05, 0) is 55.0 Å². The maximum atomic E-state index is 13.5. The van der Waals surface area contributed by atoms with Gasteiger partial charge in [0.2, 0.25) is 0 Å². The summed E-state index contributed by atoms with van der Waals surface area (Å²) < 4.78 is 82.9. The fraction of sp³-hybridized carbons (Fsp3) is 0.130. The molecule has 3 aromatic rings. The lowest BCUT2D eigenvalue weighted by molar-refractivity contribution is -0.289. The maximum absolute atomic E-state index is 13.5. The third-order valence-corrected chi connectivity index (χ3v) is 4.34. The Labute approximate surface area is 189 Å². The van der Waals surface area contributed by atoms with E-state index in [1.165, 1.54) is 6.92 Å². The molecule has 3 N–H and O–H groups in total. The van der Waals surface area contributed by atoms with Gasteiger partial charge >= 0.3 is 18.1 Å². The molecule has 0 bridgehead atoms. The summed E-state index contributed by atoms with van der Waals surface area (Å²) in [5.74, 6) is -8.34. The summed E-state index contributed by atoms with van der Waals surface area (Å²) in [7, 11) is 0. The number of hydrogen-bond donors (Lipinski definition) is 2. The molecule has 3 aromatic carbocycles. The van der Waals surface area contributed by atoms with Crippen molar-refractivity contribution < 1.29 is 45.8 Å². The number of carbonyl (C=O) groups is 2. The average Bonchev–Trinajstić information content (AvgIpc) is 2.75. The first-order chi connectivity index (χ1) is 15.7. The van der Waals surface area contributed by atoms with E-state index >= 15 is 0 Å². The van der Waals surface area contributed by atoms with Gasteiger partial charge in [-0.25, -0.2) is 9.18 Å². The van der Waals surface area contributed by atoms with E-state index in [9.17, 15) is 35.9 Å². The number of carbonyl (C=O) groups excluding carboxylic acids is 1. The number of amides is 1. The van der Waals surface area contributed by atoms with Crippen LogP contribution in [0.25, 0.3) is 0 Å². The van der Waals surface area contributed by atoms with Gasteiger partial charge in [0, 0.05) is 5.56 Å². The lowest BCUT2D eigenvalue weighted by Gasteiger charge is -2.21. The van der Waals surface area contributed by atoms with E-state index in [0.29, 0.717) is 23.8 Å². The van der Waals surface area contributed by atoms with Gasteiger partial charge in [-0.1, -0.05) is 24.3 Å². The molecule has 0 unspecified atom stereocenters. The van der Waals surface area contributed by atoms with Crippen LogP contribution in [0.4, 0.5) is 26.3 Å². The van der Waals surface area contributed by atoms with Crippen molar-refractivity contribution in [2.24, 2.45) is 5.73 Å². The number of aryl methyl sites for hydroxylation is 1. The molecular formula is C23H17F6NO4. The van der Waals surface area contributed by atoms with Crippen molar-refractivity contribution in [3.05, 3.63) is 94.8 Å². The minimum Gasteiger partial charge on any atom is -0.478 e. The topological polar surface area (TPSA) is 89.6 Å². The Balaban J connectivity index is 0.000000379. The van der Waals surface area contributed by atoms with E-state index in [2.05, 4.69) is 0 Å². The number of carboxylic acid groups (broad SMARTS) is 1. The zero-order chi connectivity index (χ0) is 25.7. The Morgan fingerprint density at radius 3 is 1.97 bits per heavy atom. The second kappa shape index (κ2) is 10.3. The minimum atomic E-state index is -5.83. The van der Waals surface area contributed by atoms with Crippen LogP contribution in [-0.2, 0) is 5.92 Å². The van der Waals surface area contributed by atoms with Gasteiger partial charge in [0.25, 0.3) is 5.91 Å². The quantitative estimate of drug-likeness (QED) is 0.430. The smallest absolute Gasteiger partial charge is 0.458 e. The van der Waals surface area contributed by atoms with Crippen molar-refractivity contribution in [1.29, 1.82) is 0 Å². The molecule has 1 amide bonds. The average molecular weight is 485 g/mol. The highest BCUT2D eigenvalue weighted by atomic mass is 19.4. The van der Waals surface area contributed by atoms with Gasteiger partial charge in [-0.15, -0.1) is 0 Å². The second-order valence-corrected chi connectivity index (χ2v) is 6.83. The van der Waals surface area contributed by atoms with Gasteiger partial charge in [-0.3, -0.25) is 4.79 Å².